The SMILES string of the molecule is C=C/C1=C(\C=C/C)C[C@@H](O)[C@H](O)[C@@H](CO)OOC1. The van der Waals surface area contributed by atoms with E-state index in [1.807, 2.05) is 19.1 Å². The molecule has 5 heteroatoms. The van der Waals surface area contributed by atoms with Crippen LogP contribution in [-0.4, -0.2) is 46.8 Å². The third-order valence-corrected chi connectivity index (χ3v) is 2.82. The summed E-state index contributed by atoms with van der Waals surface area (Å²) in [5.74, 6) is 0. The number of hydrogen-bond donors (Lipinski definition) is 3. The van der Waals surface area contributed by atoms with E-state index in [1.165, 1.54) is 0 Å². The third-order valence-electron chi connectivity index (χ3n) is 2.82. The molecule has 1 heterocycles. The van der Waals surface area contributed by atoms with Crippen LogP contribution in [0.2, 0.25) is 0 Å². The van der Waals surface area contributed by atoms with Gasteiger partial charge in [0.05, 0.1) is 12.7 Å². The standard InChI is InChI=1S/C13H20O5/c1-3-5-10-6-11(15)13(16)12(7-14)18-17-8-9(10)4-2/h3-5,11-16H,2,6-8H2,1H3/b5-3-,10-9-/t11-,12-,13+/m1/s1. The first-order chi connectivity index (χ1) is 8.63. The zero-order valence-electron chi connectivity index (χ0n) is 10.5. The van der Waals surface area contributed by atoms with E-state index in [-0.39, 0.29) is 13.0 Å². The number of hydrogen-bond acceptors (Lipinski definition) is 5. The molecule has 102 valence electrons. The summed E-state index contributed by atoms with van der Waals surface area (Å²) in [6.45, 7) is 5.26. The number of aliphatic hydroxyl groups excluding tert-OH is 3. The zero-order chi connectivity index (χ0) is 13.5. The van der Waals surface area contributed by atoms with Crippen LogP contribution in [0.1, 0.15) is 13.3 Å². The van der Waals surface area contributed by atoms with Gasteiger partial charge in [-0.1, -0.05) is 24.8 Å². The van der Waals surface area contributed by atoms with Crippen LogP contribution < -0.4 is 0 Å². The van der Waals surface area contributed by atoms with Gasteiger partial charge in [0, 0.05) is 6.42 Å². The fraction of sp³-hybridized carbons (Fsp3) is 0.538. The monoisotopic (exact) mass is 256 g/mol. The van der Waals surface area contributed by atoms with E-state index in [4.69, 9.17) is 14.9 Å². The Hall–Kier alpha value is -0.980. The van der Waals surface area contributed by atoms with Crippen LogP contribution >= 0.6 is 0 Å². The van der Waals surface area contributed by atoms with Crippen molar-refractivity contribution in [2.45, 2.75) is 31.7 Å². The van der Waals surface area contributed by atoms with Gasteiger partial charge in [0.15, 0.2) is 0 Å². The van der Waals surface area contributed by atoms with Crippen LogP contribution in [0.3, 0.4) is 0 Å². The highest BCUT2D eigenvalue weighted by Crippen LogP contribution is 2.21. The molecule has 0 aromatic carbocycles. The number of rotatable bonds is 3. The molecule has 5 nitrogen and oxygen atoms in total. The molecular weight excluding hydrogens is 236 g/mol. The van der Waals surface area contributed by atoms with Crippen LogP contribution in [0.15, 0.2) is 36.0 Å². The molecule has 1 rings (SSSR count). The summed E-state index contributed by atoms with van der Waals surface area (Å²) in [5.41, 5.74) is 1.60. The van der Waals surface area contributed by atoms with Crippen LogP contribution in [0.5, 0.6) is 0 Å². The van der Waals surface area contributed by atoms with E-state index in [1.54, 1.807) is 6.08 Å². The van der Waals surface area contributed by atoms with Gasteiger partial charge in [0.2, 0.25) is 0 Å². The first-order valence-corrected chi connectivity index (χ1v) is 5.86. The molecule has 0 spiro atoms. The Kier molecular flexibility index (Phi) is 6.24. The Morgan fingerprint density at radius 2 is 2.11 bits per heavy atom. The molecule has 0 amide bonds. The average molecular weight is 256 g/mol. The normalized spacial score (nSPS) is 35.0. The van der Waals surface area contributed by atoms with Gasteiger partial charge < -0.3 is 15.3 Å². The van der Waals surface area contributed by atoms with Crippen molar-refractivity contribution in [1.82, 2.24) is 0 Å². The largest absolute Gasteiger partial charge is 0.393 e. The molecule has 0 unspecified atom stereocenters. The van der Waals surface area contributed by atoms with Gasteiger partial charge in [0.25, 0.3) is 0 Å². The lowest BCUT2D eigenvalue weighted by atomic mass is 9.97. The molecule has 0 radical (unpaired) electrons. The zero-order valence-corrected chi connectivity index (χ0v) is 10.5. The predicted octanol–water partition coefficient (Wildman–Crippen LogP) is 0.480. The van der Waals surface area contributed by atoms with Crippen molar-refractivity contribution >= 4 is 0 Å². The summed E-state index contributed by atoms with van der Waals surface area (Å²) in [6, 6.07) is 0. The lowest BCUT2D eigenvalue weighted by Gasteiger charge is -2.23. The van der Waals surface area contributed by atoms with E-state index in [9.17, 15) is 10.2 Å². The molecule has 0 saturated carbocycles. The van der Waals surface area contributed by atoms with Crippen molar-refractivity contribution in [2.75, 3.05) is 13.2 Å². The van der Waals surface area contributed by atoms with Gasteiger partial charge in [-0.2, -0.15) is 0 Å². The highest BCUT2D eigenvalue weighted by Gasteiger charge is 2.29. The van der Waals surface area contributed by atoms with Gasteiger partial charge in [-0.3, -0.25) is 0 Å². The van der Waals surface area contributed by atoms with E-state index < -0.39 is 24.9 Å². The van der Waals surface area contributed by atoms with Crippen molar-refractivity contribution in [2.24, 2.45) is 0 Å². The van der Waals surface area contributed by atoms with E-state index >= 15 is 0 Å². The van der Waals surface area contributed by atoms with Crippen molar-refractivity contribution in [3.63, 3.8) is 0 Å². The quantitative estimate of drug-likeness (QED) is 0.640. The first-order valence-electron chi connectivity index (χ1n) is 5.86. The Morgan fingerprint density at radius 1 is 1.39 bits per heavy atom. The molecule has 1 aliphatic heterocycles. The molecule has 0 fully saturated rings. The Balaban J connectivity index is 2.97. The van der Waals surface area contributed by atoms with Gasteiger partial charge >= 0.3 is 0 Å². The maximum atomic E-state index is 9.92. The van der Waals surface area contributed by atoms with Crippen LogP contribution in [0.25, 0.3) is 0 Å². The summed E-state index contributed by atoms with van der Waals surface area (Å²) >= 11 is 0. The fourth-order valence-electron chi connectivity index (χ4n) is 1.76. The molecule has 1 aliphatic rings. The molecule has 0 bridgehead atoms. The summed E-state index contributed by atoms with van der Waals surface area (Å²) in [4.78, 5) is 9.85. The number of allylic oxidation sites excluding steroid dienone is 2. The molecule has 0 saturated heterocycles. The Morgan fingerprint density at radius 3 is 2.67 bits per heavy atom. The van der Waals surface area contributed by atoms with Gasteiger partial charge in [-0.05, 0) is 18.1 Å². The molecule has 18 heavy (non-hydrogen) atoms. The van der Waals surface area contributed by atoms with Crippen molar-refractivity contribution in [3.05, 3.63) is 36.0 Å². The second kappa shape index (κ2) is 7.45. The lowest BCUT2D eigenvalue weighted by Crippen LogP contribution is -2.41. The lowest BCUT2D eigenvalue weighted by molar-refractivity contribution is -0.341. The molecule has 3 atom stereocenters. The Labute approximate surface area is 107 Å². The maximum absolute atomic E-state index is 9.92. The van der Waals surface area contributed by atoms with Crippen LogP contribution in [-0.2, 0) is 9.78 Å². The maximum Gasteiger partial charge on any atom is 0.144 e. The van der Waals surface area contributed by atoms with Crippen LogP contribution in [0, 0.1) is 0 Å². The predicted molar refractivity (Wildman–Crippen MR) is 66.6 cm³/mol. The third kappa shape index (κ3) is 3.76. The Bertz CT molecular complexity index is 334. The summed E-state index contributed by atoms with van der Waals surface area (Å²) in [6.07, 6.45) is 2.32. The van der Waals surface area contributed by atoms with Gasteiger partial charge in [-0.25, -0.2) is 9.78 Å². The molecule has 0 aromatic heterocycles. The fourth-order valence-corrected chi connectivity index (χ4v) is 1.76. The highest BCUT2D eigenvalue weighted by molar-refractivity contribution is 5.33. The average Bonchev–Trinajstić information content (AvgIpc) is 2.42. The van der Waals surface area contributed by atoms with Gasteiger partial charge in [-0.15, -0.1) is 0 Å². The van der Waals surface area contributed by atoms with E-state index in [0.717, 1.165) is 11.1 Å². The second-order valence-electron chi connectivity index (χ2n) is 4.10. The first kappa shape index (κ1) is 15.1. The summed E-state index contributed by atoms with van der Waals surface area (Å²) in [5, 5.41) is 28.8. The van der Waals surface area contributed by atoms with Gasteiger partial charge in [0.1, 0.15) is 18.8 Å². The highest BCUT2D eigenvalue weighted by atomic mass is 17.2. The summed E-state index contributed by atoms with van der Waals surface area (Å²) < 4.78 is 0. The van der Waals surface area contributed by atoms with Crippen molar-refractivity contribution in [1.29, 1.82) is 0 Å². The minimum Gasteiger partial charge on any atom is -0.393 e. The molecule has 3 N–H and O–H groups in total. The van der Waals surface area contributed by atoms with Crippen molar-refractivity contribution in [3.8, 4) is 0 Å². The molecule has 0 aromatic rings. The minimum absolute atomic E-state index is 0.152. The van der Waals surface area contributed by atoms with E-state index in [0.29, 0.717) is 0 Å². The minimum atomic E-state index is -1.21. The second-order valence-corrected chi connectivity index (χ2v) is 4.10. The van der Waals surface area contributed by atoms with Crippen molar-refractivity contribution < 1.29 is 25.1 Å². The topological polar surface area (TPSA) is 79.2 Å². The smallest absolute Gasteiger partial charge is 0.144 e. The summed E-state index contributed by atoms with van der Waals surface area (Å²) in [7, 11) is 0. The van der Waals surface area contributed by atoms with E-state index in [2.05, 4.69) is 6.58 Å². The van der Waals surface area contributed by atoms with Crippen LogP contribution in [0.4, 0.5) is 0 Å². The molecule has 0 aliphatic carbocycles. The number of aliphatic hydroxyl groups is 3. The molecular formula is C13H20O5.